The highest BCUT2D eigenvalue weighted by atomic mass is 16.4. The van der Waals surface area contributed by atoms with Crippen molar-refractivity contribution < 1.29 is 9.90 Å². The summed E-state index contributed by atoms with van der Waals surface area (Å²) in [6, 6.07) is 7.98. The van der Waals surface area contributed by atoms with Crippen LogP contribution in [0.15, 0.2) is 30.5 Å². The van der Waals surface area contributed by atoms with Gasteiger partial charge in [0.2, 0.25) is 0 Å². The van der Waals surface area contributed by atoms with Crippen molar-refractivity contribution in [1.82, 2.24) is 10.3 Å². The molecular weight excluding hydrogens is 216 g/mol. The third-order valence-electron chi connectivity index (χ3n) is 3.09. The van der Waals surface area contributed by atoms with Crippen LogP contribution in [0.1, 0.15) is 11.3 Å². The molecule has 1 aromatic carbocycles. The van der Waals surface area contributed by atoms with Gasteiger partial charge in [0.25, 0.3) is 0 Å². The average Bonchev–Trinajstić information content (AvgIpc) is 2.54. The second-order valence-corrected chi connectivity index (χ2v) is 4.12. The molecule has 0 amide bonds. The molecule has 1 aromatic heterocycles. The fourth-order valence-corrected chi connectivity index (χ4v) is 2.31. The monoisotopic (exact) mass is 229 g/mol. The number of hydrogen-bond acceptors (Lipinski definition) is 2. The normalized spacial score (nSPS) is 14.7. The molecule has 0 unspecified atom stereocenters. The average molecular weight is 229 g/mol. The van der Waals surface area contributed by atoms with E-state index in [1.54, 1.807) is 6.20 Å². The fourth-order valence-electron chi connectivity index (χ4n) is 2.31. The maximum Gasteiger partial charge on any atom is 0.552 e. The summed E-state index contributed by atoms with van der Waals surface area (Å²) < 4.78 is 0. The molecule has 4 heteroatoms. The third-order valence-corrected chi connectivity index (χ3v) is 3.09. The first kappa shape index (κ1) is 9.96. The maximum atomic E-state index is 11.3. The first-order chi connectivity index (χ1) is 8.27. The Bertz CT molecular complexity index is 625. The summed E-state index contributed by atoms with van der Waals surface area (Å²) in [6.07, 6.45) is 2.49. The zero-order chi connectivity index (χ0) is 11.8. The topological polar surface area (TPSA) is 67.8 Å². The van der Waals surface area contributed by atoms with Gasteiger partial charge in [0, 0.05) is 28.4 Å². The van der Waals surface area contributed by atoms with Crippen LogP contribution in [0.2, 0.25) is 0 Å². The van der Waals surface area contributed by atoms with Gasteiger partial charge in [0.05, 0.1) is 5.69 Å². The fraction of sp³-hybridized carbons (Fsp3) is 0.154. The number of para-hydroxylation sites is 1. The van der Waals surface area contributed by atoms with Crippen molar-refractivity contribution in [3.05, 3.63) is 41.7 Å². The number of H-pyrrole nitrogens is 1. The Balaban J connectivity index is 2.30. The summed E-state index contributed by atoms with van der Waals surface area (Å²) in [5.41, 5.74) is 3.34. The van der Waals surface area contributed by atoms with E-state index in [4.69, 9.17) is 5.11 Å². The minimum absolute atomic E-state index is 0.411. The van der Waals surface area contributed by atoms with E-state index >= 15 is 0 Å². The van der Waals surface area contributed by atoms with E-state index in [1.807, 2.05) is 24.3 Å². The van der Waals surface area contributed by atoms with Crippen molar-refractivity contribution >= 4 is 22.4 Å². The largest absolute Gasteiger partial charge is 0.561 e. The Morgan fingerprint density at radius 1 is 1.29 bits per heavy atom. The van der Waals surface area contributed by atoms with E-state index in [9.17, 15) is 4.79 Å². The van der Waals surface area contributed by atoms with Gasteiger partial charge in [-0.05, 0) is 18.1 Å². The molecule has 86 valence electrons. The van der Waals surface area contributed by atoms with Crippen LogP contribution in [-0.4, -0.2) is 22.6 Å². The first-order valence-corrected chi connectivity index (χ1v) is 5.57. The Morgan fingerprint density at radius 3 is 2.94 bits per heavy atom. The van der Waals surface area contributed by atoms with Crippen LogP contribution < -0.4 is 5.32 Å². The number of rotatable bonds is 1. The summed E-state index contributed by atoms with van der Waals surface area (Å²) in [7, 11) is 0. The van der Waals surface area contributed by atoms with E-state index in [-0.39, 0.29) is 0 Å². The van der Waals surface area contributed by atoms with Gasteiger partial charge in [-0.15, -0.1) is 0 Å². The number of aromatic amines is 1. The van der Waals surface area contributed by atoms with Gasteiger partial charge >= 0.3 is 5.97 Å². The predicted molar refractivity (Wildman–Crippen MR) is 66.6 cm³/mol. The number of aromatic nitrogens is 1. The van der Waals surface area contributed by atoms with Crippen molar-refractivity contribution in [3.8, 4) is 0 Å². The molecule has 4 N–H and O–H groups in total. The molecule has 17 heavy (non-hydrogen) atoms. The number of hydrogen-bond donors (Lipinski definition) is 2. The van der Waals surface area contributed by atoms with Crippen LogP contribution in [0.3, 0.4) is 0 Å². The zero-order valence-corrected chi connectivity index (χ0v) is 9.21. The summed E-state index contributed by atoms with van der Waals surface area (Å²) in [5.74, 6) is -0.660. The second kappa shape index (κ2) is 3.66. The molecule has 0 saturated carbocycles. The quantitative estimate of drug-likeness (QED) is 0.713. The van der Waals surface area contributed by atoms with Crippen molar-refractivity contribution in [2.75, 3.05) is 6.54 Å². The molecule has 3 rings (SSSR count). The molecule has 1 aliphatic rings. The van der Waals surface area contributed by atoms with Crippen molar-refractivity contribution in [3.63, 3.8) is 0 Å². The second-order valence-electron chi connectivity index (χ2n) is 4.12. The number of benzene rings is 1. The molecule has 0 saturated heterocycles. The lowest BCUT2D eigenvalue weighted by Crippen LogP contribution is -2.08. The first-order valence-electron chi connectivity index (χ1n) is 5.57. The lowest BCUT2D eigenvalue weighted by atomic mass is 10.0. The van der Waals surface area contributed by atoms with Crippen LogP contribution >= 0.6 is 0 Å². The molecule has 0 aliphatic carbocycles. The molecule has 2 aromatic rings. The summed E-state index contributed by atoms with van der Waals surface area (Å²) >= 11 is 0. The van der Waals surface area contributed by atoms with Crippen molar-refractivity contribution in [1.29, 1.82) is 0 Å². The number of fused-ring (bicyclic) bond motifs is 3. The summed E-state index contributed by atoms with van der Waals surface area (Å²) in [5, 5.41) is 11.5. The van der Waals surface area contributed by atoms with Gasteiger partial charge in [0.15, 0.2) is 5.57 Å². The van der Waals surface area contributed by atoms with E-state index in [1.165, 1.54) is 0 Å². The zero-order valence-electron chi connectivity index (χ0n) is 9.21. The molecule has 1 aliphatic heterocycles. The van der Waals surface area contributed by atoms with Gasteiger partial charge in [0.1, 0.15) is 0 Å². The van der Waals surface area contributed by atoms with E-state index < -0.39 is 5.97 Å². The SMILES string of the molecule is O=C([OH2+])C1=CNCCc2c1[nH]c1ccccc21. The lowest BCUT2D eigenvalue weighted by molar-refractivity contribution is -0.130. The highest BCUT2D eigenvalue weighted by Gasteiger charge is 2.25. The molecule has 4 nitrogen and oxygen atoms in total. The van der Waals surface area contributed by atoms with E-state index in [0.29, 0.717) is 5.57 Å². The van der Waals surface area contributed by atoms with Gasteiger partial charge in [-0.25, -0.2) is 0 Å². The smallest absolute Gasteiger partial charge is 0.552 e. The third kappa shape index (κ3) is 1.49. The molecular formula is C13H13N2O2+. The highest BCUT2D eigenvalue weighted by Crippen LogP contribution is 2.28. The van der Waals surface area contributed by atoms with Crippen LogP contribution in [-0.2, 0) is 11.2 Å². The van der Waals surface area contributed by atoms with Crippen LogP contribution in [0.25, 0.3) is 16.5 Å². The van der Waals surface area contributed by atoms with Gasteiger partial charge < -0.3 is 15.4 Å². The minimum Gasteiger partial charge on any atom is -0.561 e. The summed E-state index contributed by atoms with van der Waals surface area (Å²) in [6.45, 7) is 0.783. The number of carbonyl (C=O) groups excluding carboxylic acids is 1. The Labute approximate surface area is 98.0 Å². The van der Waals surface area contributed by atoms with Crippen LogP contribution in [0.5, 0.6) is 0 Å². The highest BCUT2D eigenvalue weighted by molar-refractivity contribution is 6.16. The summed E-state index contributed by atoms with van der Waals surface area (Å²) in [4.78, 5) is 14.6. The minimum atomic E-state index is -0.660. The van der Waals surface area contributed by atoms with Gasteiger partial charge in [-0.3, -0.25) is 0 Å². The standard InChI is InChI=1S/C13H12N2O2/c16-13(17)10-7-14-6-5-9-8-3-1-2-4-11(8)15-12(9)10/h1-4,7,14-15H,5-6H2,(H,16,17)/p+1. The van der Waals surface area contributed by atoms with Crippen LogP contribution in [0.4, 0.5) is 0 Å². The van der Waals surface area contributed by atoms with Crippen LogP contribution in [0, 0.1) is 0 Å². The van der Waals surface area contributed by atoms with Crippen molar-refractivity contribution in [2.45, 2.75) is 6.42 Å². The molecule has 0 spiro atoms. The molecule has 0 fully saturated rings. The lowest BCUT2D eigenvalue weighted by Gasteiger charge is -1.98. The maximum absolute atomic E-state index is 11.3. The molecule has 0 atom stereocenters. The predicted octanol–water partition coefficient (Wildman–Crippen LogP) is 0.906. The molecule has 2 heterocycles. The molecule has 0 bridgehead atoms. The number of carbonyl (C=O) groups is 1. The Hall–Kier alpha value is -2.23. The van der Waals surface area contributed by atoms with Gasteiger partial charge in [-0.2, -0.15) is 0 Å². The van der Waals surface area contributed by atoms with E-state index in [2.05, 4.69) is 10.3 Å². The van der Waals surface area contributed by atoms with Crippen molar-refractivity contribution in [2.24, 2.45) is 0 Å². The Morgan fingerprint density at radius 2 is 2.12 bits per heavy atom. The van der Waals surface area contributed by atoms with Gasteiger partial charge in [-0.1, -0.05) is 18.2 Å². The number of nitrogens with one attached hydrogen (secondary N) is 2. The van der Waals surface area contributed by atoms with E-state index in [0.717, 1.165) is 35.1 Å². The molecule has 0 radical (unpaired) electrons. The Kier molecular flexibility index (Phi) is 2.14.